The second-order valence-electron chi connectivity index (χ2n) is 5.07. The zero-order chi connectivity index (χ0) is 14.8. The lowest BCUT2D eigenvalue weighted by molar-refractivity contribution is 0.829. The molecule has 0 saturated carbocycles. The van der Waals surface area contributed by atoms with Crippen molar-refractivity contribution < 1.29 is 0 Å². The maximum atomic E-state index is 12.3. The highest BCUT2D eigenvalue weighted by Gasteiger charge is 2.03. The van der Waals surface area contributed by atoms with Gasteiger partial charge in [-0.3, -0.25) is 9.36 Å². The van der Waals surface area contributed by atoms with Crippen molar-refractivity contribution in [1.82, 2.24) is 19.5 Å². The van der Waals surface area contributed by atoms with Gasteiger partial charge in [-0.05, 0) is 30.7 Å². The van der Waals surface area contributed by atoms with Gasteiger partial charge in [-0.2, -0.15) is 0 Å². The van der Waals surface area contributed by atoms with Crippen LogP contribution in [0.3, 0.4) is 0 Å². The summed E-state index contributed by atoms with van der Waals surface area (Å²) >= 11 is 0. The zero-order valence-corrected chi connectivity index (χ0v) is 12.2. The predicted octanol–water partition coefficient (Wildman–Crippen LogP) is 0.999. The Morgan fingerprint density at radius 3 is 3.10 bits per heavy atom. The number of imidazole rings is 1. The maximum absolute atomic E-state index is 12.3. The Hall–Kier alpha value is -2.56. The molecule has 0 saturated heterocycles. The molecule has 0 aromatic carbocycles. The van der Waals surface area contributed by atoms with Crippen LogP contribution in [-0.2, 0) is 7.05 Å². The molecule has 3 aromatic heterocycles. The molecule has 21 heavy (non-hydrogen) atoms. The van der Waals surface area contributed by atoms with E-state index in [0.29, 0.717) is 5.35 Å². The van der Waals surface area contributed by atoms with Gasteiger partial charge in [-0.15, -0.1) is 0 Å². The van der Waals surface area contributed by atoms with E-state index < -0.39 is 0 Å². The van der Waals surface area contributed by atoms with Crippen molar-refractivity contribution in [3.63, 3.8) is 0 Å². The number of fused-ring (bicyclic) bond motifs is 1. The van der Waals surface area contributed by atoms with E-state index in [-0.39, 0.29) is 5.56 Å². The molecule has 3 heterocycles. The number of pyridine rings is 1. The van der Waals surface area contributed by atoms with Gasteiger partial charge in [-0.25, -0.2) is 4.98 Å². The van der Waals surface area contributed by atoms with Crippen molar-refractivity contribution in [1.29, 1.82) is 0 Å². The number of aromatic amines is 2. The summed E-state index contributed by atoms with van der Waals surface area (Å²) < 4.78 is 1.65. The first-order valence-electron chi connectivity index (χ1n) is 7.09. The van der Waals surface area contributed by atoms with Crippen LogP contribution in [0, 0.1) is 0 Å². The first kappa shape index (κ1) is 13.4. The summed E-state index contributed by atoms with van der Waals surface area (Å²) in [4.78, 5) is 22.8. The molecule has 5 nitrogen and oxygen atoms in total. The molecule has 0 fully saturated rings. The van der Waals surface area contributed by atoms with Gasteiger partial charge >= 0.3 is 0 Å². The minimum absolute atomic E-state index is 0.0180. The van der Waals surface area contributed by atoms with E-state index in [9.17, 15) is 4.79 Å². The van der Waals surface area contributed by atoms with Gasteiger partial charge in [0.25, 0.3) is 5.56 Å². The van der Waals surface area contributed by atoms with Crippen LogP contribution in [0.25, 0.3) is 23.2 Å². The number of hydrogen-bond donors (Lipinski definition) is 2. The monoisotopic (exact) mass is 282 g/mol. The van der Waals surface area contributed by atoms with Crippen LogP contribution in [0.1, 0.15) is 25.3 Å². The number of nitrogens with one attached hydrogen (secondary N) is 2. The number of rotatable bonds is 3. The highest BCUT2D eigenvalue weighted by molar-refractivity contribution is 5.85. The van der Waals surface area contributed by atoms with Crippen molar-refractivity contribution in [3.8, 4) is 0 Å². The smallest absolute Gasteiger partial charge is 0.275 e. The van der Waals surface area contributed by atoms with Gasteiger partial charge in [0.1, 0.15) is 16.5 Å². The molecular formula is C16H18N4O. The molecule has 108 valence electrons. The molecule has 3 rings (SSSR count). The molecule has 0 spiro atoms. The van der Waals surface area contributed by atoms with Crippen molar-refractivity contribution >= 4 is 23.2 Å². The number of aromatic nitrogens is 4. The normalized spacial score (nSPS) is 13.4. The SMILES string of the molecule is CCCC=c1[nH]c(=Cc2c[nH]c3ncccc23)c(=O)n1C. The topological polar surface area (TPSA) is 66.5 Å². The van der Waals surface area contributed by atoms with E-state index in [2.05, 4.69) is 28.0 Å². The zero-order valence-electron chi connectivity index (χ0n) is 12.2. The van der Waals surface area contributed by atoms with E-state index in [0.717, 1.165) is 34.9 Å². The summed E-state index contributed by atoms with van der Waals surface area (Å²) in [6.45, 7) is 2.11. The standard InChI is InChI=1S/C16H18N4O/c1-3-4-7-14-19-13(16(21)20(14)2)9-11-10-18-15-12(11)6-5-8-17-15/h5-10,19H,3-4H2,1-2H3,(H,17,18). The second-order valence-corrected chi connectivity index (χ2v) is 5.07. The average molecular weight is 282 g/mol. The molecule has 3 aromatic rings. The largest absolute Gasteiger partial charge is 0.346 e. The Morgan fingerprint density at radius 1 is 1.43 bits per heavy atom. The molecule has 0 amide bonds. The molecule has 0 atom stereocenters. The van der Waals surface area contributed by atoms with Crippen LogP contribution in [0.2, 0.25) is 0 Å². The second kappa shape index (κ2) is 5.44. The van der Waals surface area contributed by atoms with Crippen LogP contribution < -0.4 is 16.4 Å². The molecule has 5 heteroatoms. The summed E-state index contributed by atoms with van der Waals surface area (Å²) in [6.07, 6.45) is 9.54. The summed E-state index contributed by atoms with van der Waals surface area (Å²) in [5.41, 5.74) is 2.62. The number of H-pyrrole nitrogens is 2. The van der Waals surface area contributed by atoms with E-state index in [4.69, 9.17) is 0 Å². The fourth-order valence-electron chi connectivity index (χ4n) is 2.38. The van der Waals surface area contributed by atoms with Gasteiger partial charge in [0.2, 0.25) is 0 Å². The lowest BCUT2D eigenvalue weighted by Gasteiger charge is -1.88. The van der Waals surface area contributed by atoms with Crippen molar-refractivity contribution in [2.45, 2.75) is 19.8 Å². The van der Waals surface area contributed by atoms with E-state index in [1.807, 2.05) is 24.4 Å². The summed E-state index contributed by atoms with van der Waals surface area (Å²) in [7, 11) is 1.79. The Labute approximate surface area is 121 Å². The Morgan fingerprint density at radius 2 is 2.29 bits per heavy atom. The average Bonchev–Trinajstić information content (AvgIpc) is 3.02. The van der Waals surface area contributed by atoms with Gasteiger partial charge in [-0.1, -0.05) is 13.3 Å². The minimum atomic E-state index is -0.0180. The quantitative estimate of drug-likeness (QED) is 0.752. The lowest BCUT2D eigenvalue weighted by Crippen LogP contribution is -2.28. The van der Waals surface area contributed by atoms with Gasteiger partial charge in [0.15, 0.2) is 0 Å². The summed E-state index contributed by atoms with van der Waals surface area (Å²) in [6, 6.07) is 3.88. The van der Waals surface area contributed by atoms with Crippen LogP contribution in [0.4, 0.5) is 0 Å². The third-order valence-corrected chi connectivity index (χ3v) is 3.57. The minimum Gasteiger partial charge on any atom is -0.346 e. The van der Waals surface area contributed by atoms with E-state index in [1.165, 1.54) is 0 Å². The third kappa shape index (κ3) is 2.42. The van der Waals surface area contributed by atoms with Crippen LogP contribution in [0.15, 0.2) is 29.3 Å². The molecule has 0 aliphatic carbocycles. The van der Waals surface area contributed by atoms with Crippen LogP contribution >= 0.6 is 0 Å². The van der Waals surface area contributed by atoms with Crippen molar-refractivity contribution in [2.24, 2.45) is 7.05 Å². The summed E-state index contributed by atoms with van der Waals surface area (Å²) in [5.74, 6) is 0. The Balaban J connectivity index is 2.18. The highest BCUT2D eigenvalue weighted by atomic mass is 16.1. The van der Waals surface area contributed by atoms with E-state index in [1.54, 1.807) is 17.8 Å². The highest BCUT2D eigenvalue weighted by Crippen LogP contribution is 2.15. The number of unbranched alkanes of at least 4 members (excludes halogenated alkanes) is 1. The van der Waals surface area contributed by atoms with Gasteiger partial charge in [0, 0.05) is 30.4 Å². The Bertz CT molecular complexity index is 943. The number of nitrogens with zero attached hydrogens (tertiary/aromatic N) is 2. The third-order valence-electron chi connectivity index (χ3n) is 3.57. The van der Waals surface area contributed by atoms with Gasteiger partial charge in [0.05, 0.1) is 0 Å². The molecule has 0 aliphatic heterocycles. The predicted molar refractivity (Wildman–Crippen MR) is 84.3 cm³/mol. The molecule has 0 radical (unpaired) electrons. The number of hydrogen-bond acceptors (Lipinski definition) is 2. The van der Waals surface area contributed by atoms with E-state index >= 15 is 0 Å². The fraction of sp³-hybridized carbons (Fsp3) is 0.250. The first-order valence-corrected chi connectivity index (χ1v) is 7.09. The molecular weight excluding hydrogens is 264 g/mol. The van der Waals surface area contributed by atoms with Gasteiger partial charge < -0.3 is 9.97 Å². The van der Waals surface area contributed by atoms with Crippen molar-refractivity contribution in [3.05, 3.63) is 51.3 Å². The molecule has 0 aliphatic rings. The van der Waals surface area contributed by atoms with Crippen LogP contribution in [-0.4, -0.2) is 19.5 Å². The molecule has 0 unspecified atom stereocenters. The maximum Gasteiger partial charge on any atom is 0.275 e. The fourth-order valence-corrected chi connectivity index (χ4v) is 2.38. The molecule has 2 N–H and O–H groups in total. The first-order chi connectivity index (χ1) is 10.2. The van der Waals surface area contributed by atoms with Crippen molar-refractivity contribution in [2.75, 3.05) is 0 Å². The lowest BCUT2D eigenvalue weighted by atomic mass is 10.2. The summed E-state index contributed by atoms with van der Waals surface area (Å²) in [5, 5.41) is 1.60. The van der Waals surface area contributed by atoms with Crippen LogP contribution in [0.5, 0.6) is 0 Å². The Kier molecular flexibility index (Phi) is 3.48. The molecule has 0 bridgehead atoms.